The molecule has 3 rings (SSSR count). The molecule has 2 aromatic carbocycles. The Kier molecular flexibility index (Phi) is 6.61. The molecule has 1 amide bonds. The maximum atomic E-state index is 13.8. The van der Waals surface area contributed by atoms with Gasteiger partial charge in [0, 0.05) is 37.8 Å². The lowest BCUT2D eigenvalue weighted by Gasteiger charge is -2.34. The zero-order valence-corrected chi connectivity index (χ0v) is 16.8. The first-order valence-electron chi connectivity index (χ1n) is 9.30. The molecule has 2 aromatic rings. The monoisotopic (exact) mass is 423 g/mol. The number of sulfonamides is 1. The Balaban J connectivity index is 1.53. The fourth-order valence-electron chi connectivity index (χ4n) is 3.22. The van der Waals surface area contributed by atoms with Gasteiger partial charge in [-0.1, -0.05) is 18.2 Å². The van der Waals surface area contributed by atoms with Crippen LogP contribution in [-0.2, 0) is 14.8 Å². The lowest BCUT2D eigenvalue weighted by molar-refractivity contribution is -0.131. The molecule has 9 heteroatoms. The second-order valence-electron chi connectivity index (χ2n) is 6.86. The normalized spacial score (nSPS) is 16.6. The summed E-state index contributed by atoms with van der Waals surface area (Å²) in [7, 11) is -3.72. The van der Waals surface area contributed by atoms with Gasteiger partial charge in [-0.15, -0.1) is 0 Å². The number of amides is 1. The van der Waals surface area contributed by atoms with Crippen LogP contribution in [0.15, 0.2) is 53.4 Å². The molecule has 1 N–H and O–H groups in total. The van der Waals surface area contributed by atoms with Crippen LogP contribution < -0.4 is 5.32 Å². The molecule has 29 heavy (non-hydrogen) atoms. The molecule has 1 heterocycles. The topological polar surface area (TPSA) is 69.7 Å². The second-order valence-corrected chi connectivity index (χ2v) is 8.80. The van der Waals surface area contributed by atoms with Crippen molar-refractivity contribution in [1.29, 1.82) is 0 Å². The number of halogens is 2. The molecule has 1 saturated heterocycles. The van der Waals surface area contributed by atoms with E-state index in [4.69, 9.17) is 0 Å². The minimum atomic E-state index is -3.72. The third-order valence-electron chi connectivity index (χ3n) is 4.97. The van der Waals surface area contributed by atoms with Crippen molar-refractivity contribution in [3.05, 3.63) is 65.7 Å². The Labute approximate surface area is 169 Å². The summed E-state index contributed by atoms with van der Waals surface area (Å²) in [6.45, 7) is 2.64. The van der Waals surface area contributed by atoms with E-state index in [1.807, 2.05) is 0 Å². The summed E-state index contributed by atoms with van der Waals surface area (Å²) in [6.07, 6.45) is 0. The predicted octanol–water partition coefficient (Wildman–Crippen LogP) is 2.15. The van der Waals surface area contributed by atoms with Gasteiger partial charge < -0.3 is 10.2 Å². The molecule has 0 saturated carbocycles. The number of carbonyl (C=O) groups is 1. The van der Waals surface area contributed by atoms with E-state index in [-0.39, 0.29) is 55.4 Å². The van der Waals surface area contributed by atoms with Gasteiger partial charge in [0.05, 0.1) is 11.4 Å². The minimum Gasteiger partial charge on any atom is -0.339 e. The molecule has 0 aliphatic carbocycles. The highest BCUT2D eigenvalue weighted by Gasteiger charge is 2.30. The third-order valence-corrected chi connectivity index (χ3v) is 6.89. The van der Waals surface area contributed by atoms with E-state index in [0.29, 0.717) is 5.56 Å². The summed E-state index contributed by atoms with van der Waals surface area (Å²) in [6, 6.07) is 10.7. The zero-order chi connectivity index (χ0) is 21.0. The van der Waals surface area contributed by atoms with E-state index >= 15 is 0 Å². The van der Waals surface area contributed by atoms with Gasteiger partial charge in [0.15, 0.2) is 0 Å². The molecule has 1 unspecified atom stereocenters. The molecule has 0 spiro atoms. The average Bonchev–Trinajstić information content (AvgIpc) is 2.72. The molecule has 0 bridgehead atoms. The Hall–Kier alpha value is -2.36. The molecular formula is C20H23F2N3O3S. The van der Waals surface area contributed by atoms with E-state index in [1.54, 1.807) is 30.0 Å². The van der Waals surface area contributed by atoms with Gasteiger partial charge in [0.1, 0.15) is 11.6 Å². The molecule has 0 radical (unpaired) electrons. The summed E-state index contributed by atoms with van der Waals surface area (Å²) in [5.74, 6) is -1.01. The van der Waals surface area contributed by atoms with Gasteiger partial charge in [-0.25, -0.2) is 17.2 Å². The zero-order valence-electron chi connectivity index (χ0n) is 16.0. The summed E-state index contributed by atoms with van der Waals surface area (Å²) in [5.41, 5.74) is 0.482. The van der Waals surface area contributed by atoms with Crippen molar-refractivity contribution in [2.24, 2.45) is 0 Å². The van der Waals surface area contributed by atoms with Crippen molar-refractivity contribution >= 4 is 15.9 Å². The number of rotatable bonds is 6. The first-order valence-corrected chi connectivity index (χ1v) is 10.7. The highest BCUT2D eigenvalue weighted by Crippen LogP contribution is 2.19. The largest absolute Gasteiger partial charge is 0.339 e. The maximum Gasteiger partial charge on any atom is 0.243 e. The minimum absolute atomic E-state index is 0.0269. The number of carbonyl (C=O) groups excluding carboxylic acids is 1. The number of nitrogens with zero attached hydrogens (tertiary/aromatic N) is 2. The third kappa shape index (κ3) is 4.98. The smallest absolute Gasteiger partial charge is 0.243 e. The molecule has 1 fully saturated rings. The molecule has 1 aliphatic heterocycles. The van der Waals surface area contributed by atoms with Crippen LogP contribution in [0.4, 0.5) is 8.78 Å². The van der Waals surface area contributed by atoms with E-state index in [2.05, 4.69) is 5.32 Å². The lowest BCUT2D eigenvalue weighted by atomic mass is 10.1. The lowest BCUT2D eigenvalue weighted by Crippen LogP contribution is -2.52. The van der Waals surface area contributed by atoms with E-state index < -0.39 is 15.8 Å². The quantitative estimate of drug-likeness (QED) is 0.773. The van der Waals surface area contributed by atoms with Gasteiger partial charge in [-0.2, -0.15) is 4.31 Å². The predicted molar refractivity (Wildman–Crippen MR) is 105 cm³/mol. The van der Waals surface area contributed by atoms with Gasteiger partial charge in [-0.3, -0.25) is 4.79 Å². The molecule has 1 aliphatic rings. The van der Waals surface area contributed by atoms with Crippen LogP contribution in [0.5, 0.6) is 0 Å². The first-order chi connectivity index (χ1) is 13.8. The Bertz CT molecular complexity index is 959. The average molecular weight is 423 g/mol. The first kappa shape index (κ1) is 21.4. The van der Waals surface area contributed by atoms with Crippen molar-refractivity contribution in [2.75, 3.05) is 32.7 Å². The van der Waals surface area contributed by atoms with Crippen LogP contribution in [0.1, 0.15) is 18.5 Å². The Morgan fingerprint density at radius 3 is 2.28 bits per heavy atom. The standard InChI is InChI=1S/C20H23F2N3O3S/c1-15(18-4-2-3-5-19(18)22)23-14-20(26)24-10-12-25(13-11-24)29(27,28)17-8-6-16(21)7-9-17/h2-9,15,23H,10-14H2,1H3. The van der Waals surface area contributed by atoms with E-state index in [0.717, 1.165) is 12.1 Å². The number of hydrogen-bond acceptors (Lipinski definition) is 4. The fraction of sp³-hybridized carbons (Fsp3) is 0.350. The SMILES string of the molecule is CC(NCC(=O)N1CCN(S(=O)(=O)c2ccc(F)cc2)CC1)c1ccccc1F. The van der Waals surface area contributed by atoms with Crippen molar-refractivity contribution in [1.82, 2.24) is 14.5 Å². The van der Waals surface area contributed by atoms with Gasteiger partial charge >= 0.3 is 0 Å². The van der Waals surface area contributed by atoms with Crippen LogP contribution in [0.2, 0.25) is 0 Å². The summed E-state index contributed by atoms with van der Waals surface area (Å²) >= 11 is 0. The number of benzene rings is 2. The van der Waals surface area contributed by atoms with Gasteiger partial charge in [-0.05, 0) is 37.3 Å². The summed E-state index contributed by atoms with van der Waals surface area (Å²) < 4.78 is 53.4. The number of nitrogens with one attached hydrogen (secondary N) is 1. The van der Waals surface area contributed by atoms with Crippen molar-refractivity contribution in [3.8, 4) is 0 Å². The maximum absolute atomic E-state index is 13.8. The number of piperazine rings is 1. The van der Waals surface area contributed by atoms with Crippen LogP contribution in [-0.4, -0.2) is 56.3 Å². The van der Waals surface area contributed by atoms with E-state index in [9.17, 15) is 22.0 Å². The molecule has 6 nitrogen and oxygen atoms in total. The molecular weight excluding hydrogens is 400 g/mol. The summed E-state index contributed by atoms with van der Waals surface area (Å²) in [4.78, 5) is 14.1. The van der Waals surface area contributed by atoms with Crippen LogP contribution >= 0.6 is 0 Å². The highest BCUT2D eigenvalue weighted by atomic mass is 32.2. The van der Waals surface area contributed by atoms with Crippen molar-refractivity contribution < 1.29 is 22.0 Å². The van der Waals surface area contributed by atoms with Crippen LogP contribution in [0.25, 0.3) is 0 Å². The van der Waals surface area contributed by atoms with Crippen LogP contribution in [0, 0.1) is 11.6 Å². The second kappa shape index (κ2) is 8.98. The molecule has 156 valence electrons. The number of hydrogen-bond donors (Lipinski definition) is 1. The van der Waals surface area contributed by atoms with Gasteiger partial charge in [0.2, 0.25) is 15.9 Å². The fourth-order valence-corrected chi connectivity index (χ4v) is 4.64. The highest BCUT2D eigenvalue weighted by molar-refractivity contribution is 7.89. The Morgan fingerprint density at radius 1 is 1.03 bits per heavy atom. The van der Waals surface area contributed by atoms with Crippen LogP contribution in [0.3, 0.4) is 0 Å². The van der Waals surface area contributed by atoms with E-state index in [1.165, 1.54) is 22.5 Å². The molecule has 1 atom stereocenters. The Morgan fingerprint density at radius 2 is 1.66 bits per heavy atom. The molecule has 0 aromatic heterocycles. The van der Waals surface area contributed by atoms with Gasteiger partial charge in [0.25, 0.3) is 0 Å². The van der Waals surface area contributed by atoms with Crippen molar-refractivity contribution in [2.45, 2.75) is 17.9 Å². The van der Waals surface area contributed by atoms with Crippen molar-refractivity contribution in [3.63, 3.8) is 0 Å². The summed E-state index contributed by atoms with van der Waals surface area (Å²) in [5, 5.41) is 3.01.